The average Bonchev–Trinajstić information content (AvgIpc) is 2.77. The minimum atomic E-state index is -3.00. The molecule has 0 aromatic rings. The van der Waals surface area contributed by atoms with Crippen LogP contribution in [0.1, 0.15) is 107 Å². The Morgan fingerprint density at radius 2 is 0.585 bits per heavy atom. The van der Waals surface area contributed by atoms with Crippen LogP contribution in [0.25, 0.3) is 0 Å². The number of unbranched alkanes of at least 4 members (excludes halogenated alkanes) is 6. The van der Waals surface area contributed by atoms with Crippen molar-refractivity contribution in [1.29, 1.82) is 0 Å². The molecule has 41 heavy (non-hydrogen) atoms. The first-order valence-electron chi connectivity index (χ1n) is 16.0. The van der Waals surface area contributed by atoms with Crippen LogP contribution in [-0.4, -0.2) is 63.9 Å². The number of hydrogen-bond acceptors (Lipinski definition) is 6. The van der Waals surface area contributed by atoms with Crippen LogP contribution in [-0.2, 0) is 25.6 Å². The van der Waals surface area contributed by atoms with E-state index >= 15 is 0 Å². The van der Waals surface area contributed by atoms with E-state index in [1.165, 1.54) is 32.1 Å². The van der Waals surface area contributed by atoms with Crippen LogP contribution in [0.15, 0.2) is 0 Å². The zero-order valence-electron chi connectivity index (χ0n) is 30.8. The second-order valence-corrected chi connectivity index (χ2v) is 37.5. The summed E-state index contributed by atoms with van der Waals surface area (Å²) >= 11 is 0. The van der Waals surface area contributed by atoms with Crippen molar-refractivity contribution in [2.75, 3.05) is 21.3 Å². The largest absolute Gasteiger partial charge is 0.500 e. The predicted octanol–water partition coefficient (Wildman–Crippen LogP) is 10.6. The third kappa shape index (κ3) is 13.0. The van der Waals surface area contributed by atoms with E-state index in [0.29, 0.717) is 0 Å². The molecule has 248 valence electrons. The Morgan fingerprint density at radius 3 is 0.805 bits per heavy atom. The molecule has 0 atom stereocenters. The molecule has 0 aliphatic heterocycles. The molecule has 0 spiro atoms. The summed E-state index contributed by atoms with van der Waals surface area (Å²) in [5.74, 6) is 0. The zero-order valence-corrected chi connectivity index (χ0v) is 35.8. The van der Waals surface area contributed by atoms with Crippen LogP contribution in [0.2, 0.25) is 66.5 Å². The molecule has 0 aromatic carbocycles. The first kappa shape index (κ1) is 41.8. The van der Waals surface area contributed by atoms with Gasteiger partial charge in [0.1, 0.15) is 0 Å². The second-order valence-electron chi connectivity index (χ2n) is 16.5. The first-order chi connectivity index (χ1) is 18.3. The van der Waals surface area contributed by atoms with E-state index in [0.717, 1.165) is 24.9 Å². The average molecular weight is 669 g/mol. The highest BCUT2D eigenvalue weighted by molar-refractivity contribution is 6.92. The Kier molecular flexibility index (Phi) is 16.2. The van der Waals surface area contributed by atoms with Gasteiger partial charge >= 0.3 is 17.6 Å². The molecule has 0 fully saturated rings. The molecule has 0 rings (SSSR count). The fourth-order valence-electron chi connectivity index (χ4n) is 3.96. The van der Waals surface area contributed by atoms with E-state index in [4.69, 9.17) is 25.6 Å². The minimum Gasteiger partial charge on any atom is -0.416 e. The van der Waals surface area contributed by atoms with Crippen LogP contribution >= 0.6 is 0 Å². The highest BCUT2D eigenvalue weighted by atomic mass is 28.5. The normalized spacial score (nSPS) is 15.1. The zero-order chi connectivity index (χ0) is 32.6. The topological polar surface area (TPSA) is 55.4 Å². The monoisotopic (exact) mass is 668 g/mol. The summed E-state index contributed by atoms with van der Waals surface area (Å²) in [5, 5.41) is 0.273. The first-order valence-corrected chi connectivity index (χ1v) is 28.6. The molecule has 0 aliphatic carbocycles. The van der Waals surface area contributed by atoms with E-state index in [1.807, 2.05) is 0 Å². The van der Waals surface area contributed by atoms with Gasteiger partial charge in [-0.1, -0.05) is 94.4 Å². The second kappa shape index (κ2) is 15.9. The van der Waals surface area contributed by atoms with Gasteiger partial charge in [0, 0.05) is 33.4 Å². The van der Waals surface area contributed by atoms with Crippen LogP contribution in [0, 0.1) is 0 Å². The highest BCUT2D eigenvalue weighted by Gasteiger charge is 2.57. The number of rotatable bonds is 19. The standard InChI is InChI=1S/C30H72O6Si5/c1-28(2,3)37(13,14)34-41(35-38(15,16)29(4,5)6,36-39(17,18)30(7,8)9)27-25-23-21-19-20-22-24-26-40(31-10,32-11)33-12/h19-27H2,1-18H3. The summed E-state index contributed by atoms with van der Waals surface area (Å²) in [5.41, 5.74) is 0. The smallest absolute Gasteiger partial charge is 0.416 e. The Hall–Kier alpha value is 0.844. The maximum Gasteiger partial charge on any atom is 0.500 e. The fraction of sp³-hybridized carbons (Fsp3) is 1.00. The summed E-state index contributed by atoms with van der Waals surface area (Å²) < 4.78 is 39.0. The van der Waals surface area contributed by atoms with Gasteiger partial charge < -0.3 is 25.6 Å². The van der Waals surface area contributed by atoms with Crippen molar-refractivity contribution in [3.05, 3.63) is 0 Å². The molecular formula is C30H72O6Si5. The summed E-state index contributed by atoms with van der Waals surface area (Å²) in [7, 11) is -6.79. The molecular weight excluding hydrogens is 597 g/mol. The Bertz CT molecular complexity index is 672. The third-order valence-corrected chi connectivity index (χ3v) is 34.5. The van der Waals surface area contributed by atoms with Crippen molar-refractivity contribution in [3.63, 3.8) is 0 Å². The van der Waals surface area contributed by atoms with Gasteiger partial charge in [-0.2, -0.15) is 0 Å². The molecule has 0 saturated heterocycles. The molecule has 0 saturated carbocycles. The minimum absolute atomic E-state index is 0.0910. The van der Waals surface area contributed by atoms with Gasteiger partial charge in [0.05, 0.1) is 0 Å². The van der Waals surface area contributed by atoms with Crippen molar-refractivity contribution < 1.29 is 25.6 Å². The van der Waals surface area contributed by atoms with Crippen LogP contribution in [0.4, 0.5) is 0 Å². The molecule has 0 bridgehead atoms. The quantitative estimate of drug-likeness (QED) is 0.101. The molecule has 11 heteroatoms. The van der Waals surface area contributed by atoms with E-state index in [-0.39, 0.29) is 15.1 Å². The lowest BCUT2D eigenvalue weighted by atomic mass is 10.1. The third-order valence-electron chi connectivity index (χ3n) is 10.0. The summed E-state index contributed by atoms with van der Waals surface area (Å²) in [4.78, 5) is 0. The lowest BCUT2D eigenvalue weighted by Crippen LogP contribution is -2.65. The number of hydrogen-bond donors (Lipinski definition) is 0. The molecule has 0 radical (unpaired) electrons. The molecule has 0 aliphatic rings. The predicted molar refractivity (Wildman–Crippen MR) is 189 cm³/mol. The highest BCUT2D eigenvalue weighted by Crippen LogP contribution is 2.47. The fourth-order valence-corrected chi connectivity index (χ4v) is 22.3. The van der Waals surface area contributed by atoms with Gasteiger partial charge in [0.15, 0.2) is 25.0 Å². The molecule has 0 aromatic heterocycles. The van der Waals surface area contributed by atoms with Gasteiger partial charge in [-0.25, -0.2) is 0 Å². The maximum absolute atomic E-state index is 7.45. The molecule has 0 N–H and O–H groups in total. The van der Waals surface area contributed by atoms with Gasteiger partial charge in [-0.15, -0.1) is 0 Å². The molecule has 0 heterocycles. The lowest BCUT2D eigenvalue weighted by Gasteiger charge is -2.52. The van der Waals surface area contributed by atoms with Crippen molar-refractivity contribution in [3.8, 4) is 0 Å². The van der Waals surface area contributed by atoms with Crippen molar-refractivity contribution in [1.82, 2.24) is 0 Å². The van der Waals surface area contributed by atoms with E-state index in [9.17, 15) is 0 Å². The van der Waals surface area contributed by atoms with Crippen LogP contribution in [0.3, 0.4) is 0 Å². The molecule has 0 amide bonds. The van der Waals surface area contributed by atoms with E-state index < -0.39 is 42.6 Å². The molecule has 0 unspecified atom stereocenters. The van der Waals surface area contributed by atoms with Gasteiger partial charge in [-0.3, -0.25) is 0 Å². The Morgan fingerprint density at radius 1 is 0.366 bits per heavy atom. The molecule has 6 nitrogen and oxygen atoms in total. The SMILES string of the molecule is CO[Si](CCCCCCCCC[Si](O[Si](C)(C)C(C)(C)C)(O[Si](C)(C)C(C)(C)C)O[Si](C)(C)C(C)(C)C)(OC)OC. The van der Waals surface area contributed by atoms with Crippen molar-refractivity contribution >= 4 is 42.6 Å². The van der Waals surface area contributed by atoms with Gasteiger partial charge in [0.25, 0.3) is 0 Å². The maximum atomic E-state index is 7.45. The van der Waals surface area contributed by atoms with E-state index in [1.54, 1.807) is 21.3 Å². The lowest BCUT2D eigenvalue weighted by molar-refractivity contribution is 0.122. The van der Waals surface area contributed by atoms with Crippen molar-refractivity contribution in [2.24, 2.45) is 0 Å². The van der Waals surface area contributed by atoms with E-state index in [2.05, 4.69) is 102 Å². The van der Waals surface area contributed by atoms with Crippen molar-refractivity contribution in [2.45, 2.75) is 174 Å². The Balaban J connectivity index is 5.77. The summed E-state index contributed by atoms with van der Waals surface area (Å²) in [6, 6.07) is 1.80. The van der Waals surface area contributed by atoms with Crippen LogP contribution in [0.5, 0.6) is 0 Å². The summed E-state index contributed by atoms with van der Waals surface area (Å²) in [6.07, 6.45) is 8.24. The van der Waals surface area contributed by atoms with Gasteiger partial charge in [0.2, 0.25) is 0 Å². The Labute approximate surface area is 262 Å². The van der Waals surface area contributed by atoms with Crippen LogP contribution < -0.4 is 0 Å². The summed E-state index contributed by atoms with van der Waals surface area (Å²) in [6.45, 7) is 35.2. The van der Waals surface area contributed by atoms with Gasteiger partial charge in [-0.05, 0) is 67.2 Å².